The zero-order valence-electron chi connectivity index (χ0n) is 11.2. The Labute approximate surface area is 110 Å². The van der Waals surface area contributed by atoms with Gasteiger partial charge in [-0.15, -0.1) is 11.3 Å². The zero-order valence-corrected chi connectivity index (χ0v) is 12.0. The fourth-order valence-electron chi connectivity index (χ4n) is 2.74. The molecule has 1 heterocycles. The lowest BCUT2D eigenvalue weighted by Crippen LogP contribution is -2.19. The van der Waals surface area contributed by atoms with Gasteiger partial charge in [-0.25, -0.2) is 0 Å². The minimum atomic E-state index is 0.599. The normalized spacial score (nSPS) is 17.5. The van der Waals surface area contributed by atoms with Gasteiger partial charge in [-0.05, 0) is 50.3 Å². The van der Waals surface area contributed by atoms with Crippen LogP contribution in [-0.4, -0.2) is 6.54 Å². The average Bonchev–Trinajstić information content (AvgIpc) is 2.60. The Kier molecular flexibility index (Phi) is 5.05. The third-order valence-electron chi connectivity index (χ3n) is 3.64. The second-order valence-corrected chi connectivity index (χ2v) is 6.23. The summed E-state index contributed by atoms with van der Waals surface area (Å²) in [4.78, 5) is 3.26. The van der Waals surface area contributed by atoms with Gasteiger partial charge in [0.1, 0.15) is 0 Å². The molecule has 1 N–H and O–H groups in total. The largest absolute Gasteiger partial charge is 0.310 e. The van der Waals surface area contributed by atoms with E-state index >= 15 is 0 Å². The van der Waals surface area contributed by atoms with Gasteiger partial charge in [-0.1, -0.05) is 26.7 Å². The molecule has 0 spiro atoms. The Morgan fingerprint density at radius 3 is 2.82 bits per heavy atom. The van der Waals surface area contributed by atoms with E-state index in [2.05, 4.69) is 36.6 Å². The Hall–Kier alpha value is -0.340. The van der Waals surface area contributed by atoms with Crippen molar-refractivity contribution in [2.45, 2.75) is 64.8 Å². The standard InChI is InChI=1S/C15H25NS/c1-3-8-13(16-4-2)15-11-12-9-6-5-7-10-14(12)17-15/h11,13,16H,3-10H2,1-2H3. The van der Waals surface area contributed by atoms with E-state index in [-0.39, 0.29) is 0 Å². The first kappa shape index (κ1) is 13.1. The quantitative estimate of drug-likeness (QED) is 0.761. The summed E-state index contributed by atoms with van der Waals surface area (Å²) in [5.74, 6) is 0. The van der Waals surface area contributed by atoms with Crippen LogP contribution in [0.3, 0.4) is 0 Å². The molecule has 0 radical (unpaired) electrons. The number of nitrogens with one attached hydrogen (secondary N) is 1. The fourth-order valence-corrected chi connectivity index (χ4v) is 4.11. The van der Waals surface area contributed by atoms with E-state index in [0.29, 0.717) is 6.04 Å². The van der Waals surface area contributed by atoms with Gasteiger partial charge in [0, 0.05) is 15.8 Å². The predicted octanol–water partition coefficient (Wildman–Crippen LogP) is 4.47. The van der Waals surface area contributed by atoms with Gasteiger partial charge in [0.05, 0.1) is 0 Å². The van der Waals surface area contributed by atoms with Crippen LogP contribution in [0.15, 0.2) is 6.07 Å². The van der Waals surface area contributed by atoms with Crippen molar-refractivity contribution >= 4 is 11.3 Å². The van der Waals surface area contributed by atoms with Crippen LogP contribution in [0.2, 0.25) is 0 Å². The molecule has 0 fully saturated rings. The number of aryl methyl sites for hydroxylation is 2. The number of hydrogen-bond acceptors (Lipinski definition) is 2. The van der Waals surface area contributed by atoms with Crippen molar-refractivity contribution in [1.82, 2.24) is 5.32 Å². The van der Waals surface area contributed by atoms with Gasteiger partial charge >= 0.3 is 0 Å². The molecule has 96 valence electrons. The molecule has 0 amide bonds. The predicted molar refractivity (Wildman–Crippen MR) is 76.9 cm³/mol. The Bertz CT molecular complexity index is 313. The van der Waals surface area contributed by atoms with Crippen LogP contribution in [0, 0.1) is 0 Å². The molecule has 0 saturated heterocycles. The SMILES string of the molecule is CCCC(NCC)c1cc2c(s1)CCCCC2. The van der Waals surface area contributed by atoms with Crippen molar-refractivity contribution in [1.29, 1.82) is 0 Å². The van der Waals surface area contributed by atoms with Crippen LogP contribution in [0.1, 0.15) is 67.3 Å². The van der Waals surface area contributed by atoms with Crippen LogP contribution < -0.4 is 5.32 Å². The number of fused-ring (bicyclic) bond motifs is 1. The van der Waals surface area contributed by atoms with Gasteiger partial charge in [0.15, 0.2) is 0 Å². The lowest BCUT2D eigenvalue weighted by atomic mass is 10.1. The van der Waals surface area contributed by atoms with E-state index < -0.39 is 0 Å². The Morgan fingerprint density at radius 2 is 2.06 bits per heavy atom. The second kappa shape index (κ2) is 6.55. The molecular formula is C15H25NS. The summed E-state index contributed by atoms with van der Waals surface area (Å²) in [6, 6.07) is 3.09. The van der Waals surface area contributed by atoms with Gasteiger partial charge in [0.2, 0.25) is 0 Å². The Morgan fingerprint density at radius 1 is 1.24 bits per heavy atom. The van der Waals surface area contributed by atoms with E-state index in [9.17, 15) is 0 Å². The maximum absolute atomic E-state index is 3.64. The topological polar surface area (TPSA) is 12.0 Å². The summed E-state index contributed by atoms with van der Waals surface area (Å²) >= 11 is 2.07. The molecule has 1 aromatic heterocycles. The molecule has 0 bridgehead atoms. The van der Waals surface area contributed by atoms with Crippen LogP contribution in [0.25, 0.3) is 0 Å². The first-order chi connectivity index (χ1) is 8.35. The number of hydrogen-bond donors (Lipinski definition) is 1. The molecule has 17 heavy (non-hydrogen) atoms. The molecule has 1 nitrogen and oxygen atoms in total. The van der Waals surface area contributed by atoms with Crippen molar-refractivity contribution < 1.29 is 0 Å². The van der Waals surface area contributed by atoms with Crippen LogP contribution >= 0.6 is 11.3 Å². The van der Waals surface area contributed by atoms with Gasteiger partial charge in [0.25, 0.3) is 0 Å². The van der Waals surface area contributed by atoms with Gasteiger partial charge in [-0.3, -0.25) is 0 Å². The molecule has 2 heteroatoms. The number of rotatable bonds is 5. The minimum absolute atomic E-state index is 0.599. The Balaban J connectivity index is 2.14. The molecule has 1 aliphatic rings. The average molecular weight is 251 g/mol. The third kappa shape index (κ3) is 3.32. The minimum Gasteiger partial charge on any atom is -0.310 e. The van der Waals surface area contributed by atoms with Gasteiger partial charge < -0.3 is 5.32 Å². The summed E-state index contributed by atoms with van der Waals surface area (Å²) < 4.78 is 0. The summed E-state index contributed by atoms with van der Waals surface area (Å²) in [5, 5.41) is 3.64. The molecular weight excluding hydrogens is 226 g/mol. The van der Waals surface area contributed by atoms with E-state index in [1.165, 1.54) is 44.9 Å². The monoisotopic (exact) mass is 251 g/mol. The summed E-state index contributed by atoms with van der Waals surface area (Å²) in [6.45, 7) is 5.57. The molecule has 1 aromatic rings. The summed E-state index contributed by atoms with van der Waals surface area (Å²) in [7, 11) is 0. The lowest BCUT2D eigenvalue weighted by Gasteiger charge is -2.15. The van der Waals surface area contributed by atoms with E-state index in [4.69, 9.17) is 0 Å². The van der Waals surface area contributed by atoms with Crippen molar-refractivity contribution in [3.05, 3.63) is 21.4 Å². The summed E-state index contributed by atoms with van der Waals surface area (Å²) in [6.07, 6.45) is 9.38. The molecule has 0 aliphatic heterocycles. The maximum atomic E-state index is 3.64. The molecule has 2 rings (SSSR count). The third-order valence-corrected chi connectivity index (χ3v) is 4.99. The van der Waals surface area contributed by atoms with Crippen LogP contribution in [-0.2, 0) is 12.8 Å². The van der Waals surface area contributed by atoms with Crippen LogP contribution in [0.5, 0.6) is 0 Å². The smallest absolute Gasteiger partial charge is 0.0414 e. The zero-order chi connectivity index (χ0) is 12.1. The molecule has 0 aromatic carbocycles. The lowest BCUT2D eigenvalue weighted by molar-refractivity contribution is 0.516. The highest BCUT2D eigenvalue weighted by Crippen LogP contribution is 2.33. The van der Waals surface area contributed by atoms with Crippen molar-refractivity contribution in [3.8, 4) is 0 Å². The number of thiophene rings is 1. The molecule has 1 aliphatic carbocycles. The first-order valence-electron chi connectivity index (χ1n) is 7.20. The van der Waals surface area contributed by atoms with Crippen molar-refractivity contribution in [2.24, 2.45) is 0 Å². The summed E-state index contributed by atoms with van der Waals surface area (Å²) in [5.41, 5.74) is 1.65. The maximum Gasteiger partial charge on any atom is 0.0414 e. The van der Waals surface area contributed by atoms with Crippen molar-refractivity contribution in [2.75, 3.05) is 6.54 Å². The van der Waals surface area contributed by atoms with Crippen molar-refractivity contribution in [3.63, 3.8) is 0 Å². The highest BCUT2D eigenvalue weighted by Gasteiger charge is 2.17. The van der Waals surface area contributed by atoms with E-state index in [1.54, 1.807) is 15.3 Å². The second-order valence-electron chi connectivity index (χ2n) is 5.06. The highest BCUT2D eigenvalue weighted by atomic mass is 32.1. The first-order valence-corrected chi connectivity index (χ1v) is 8.01. The molecule has 1 unspecified atom stereocenters. The molecule has 1 atom stereocenters. The van der Waals surface area contributed by atoms with E-state index in [1.807, 2.05) is 0 Å². The highest BCUT2D eigenvalue weighted by molar-refractivity contribution is 7.12. The van der Waals surface area contributed by atoms with Crippen LogP contribution in [0.4, 0.5) is 0 Å². The molecule has 0 saturated carbocycles. The fraction of sp³-hybridized carbons (Fsp3) is 0.733. The van der Waals surface area contributed by atoms with Gasteiger partial charge in [-0.2, -0.15) is 0 Å². The van der Waals surface area contributed by atoms with E-state index in [0.717, 1.165) is 6.54 Å².